The van der Waals surface area contributed by atoms with Crippen molar-refractivity contribution in [2.24, 2.45) is 0 Å². The largest absolute Gasteiger partial charge is 0.466 e. The molecule has 0 rings (SSSR count). The SMILES string of the molecule is C=CCCCCCCCCOC(=O)CCCC(=O)OCCCCCCCCCCCl. The highest BCUT2D eigenvalue weighted by atomic mass is 35.5. The topological polar surface area (TPSA) is 52.6 Å². The van der Waals surface area contributed by atoms with Crippen LogP contribution in [-0.4, -0.2) is 31.0 Å². The normalized spacial score (nSPS) is 10.7. The van der Waals surface area contributed by atoms with Gasteiger partial charge >= 0.3 is 11.9 Å². The molecule has 0 unspecified atom stereocenters. The standard InChI is InChI=1S/C25H45ClO4/c1-2-3-4-5-6-10-13-16-22-29-24(27)19-18-20-25(28)30-23-17-14-11-8-7-9-12-15-21-26/h2H,1,3-23H2. The monoisotopic (exact) mass is 444 g/mol. The van der Waals surface area contributed by atoms with Crippen LogP contribution in [0.1, 0.15) is 116 Å². The van der Waals surface area contributed by atoms with Crippen molar-refractivity contribution >= 4 is 23.5 Å². The Hall–Kier alpha value is -1.03. The Morgan fingerprint density at radius 2 is 1.00 bits per heavy atom. The molecule has 0 amide bonds. The van der Waals surface area contributed by atoms with Crippen LogP contribution < -0.4 is 0 Å². The van der Waals surface area contributed by atoms with Gasteiger partial charge in [0.05, 0.1) is 13.2 Å². The average Bonchev–Trinajstić information content (AvgIpc) is 2.74. The summed E-state index contributed by atoms with van der Waals surface area (Å²) >= 11 is 5.66. The Morgan fingerprint density at radius 3 is 1.43 bits per heavy atom. The predicted octanol–water partition coefficient (Wildman–Crippen LogP) is 7.52. The molecule has 0 atom stereocenters. The van der Waals surface area contributed by atoms with Crippen molar-refractivity contribution in [3.8, 4) is 0 Å². The lowest BCUT2D eigenvalue weighted by Gasteiger charge is -2.06. The number of halogens is 1. The van der Waals surface area contributed by atoms with E-state index in [2.05, 4.69) is 6.58 Å². The minimum absolute atomic E-state index is 0.208. The first-order valence-electron chi connectivity index (χ1n) is 12.2. The summed E-state index contributed by atoms with van der Waals surface area (Å²) < 4.78 is 10.5. The third-order valence-corrected chi connectivity index (χ3v) is 5.39. The number of rotatable bonds is 23. The molecule has 0 saturated carbocycles. The Labute approximate surface area is 190 Å². The minimum Gasteiger partial charge on any atom is -0.466 e. The van der Waals surface area contributed by atoms with Gasteiger partial charge in [-0.1, -0.05) is 70.3 Å². The summed E-state index contributed by atoms with van der Waals surface area (Å²) in [6.45, 7) is 4.70. The van der Waals surface area contributed by atoms with E-state index in [0.717, 1.165) is 44.4 Å². The van der Waals surface area contributed by atoms with Crippen LogP contribution >= 0.6 is 11.6 Å². The molecule has 0 bridgehead atoms. The van der Waals surface area contributed by atoms with Crippen molar-refractivity contribution in [1.82, 2.24) is 0 Å². The van der Waals surface area contributed by atoms with E-state index in [4.69, 9.17) is 21.1 Å². The molecule has 176 valence electrons. The first kappa shape index (κ1) is 29.0. The van der Waals surface area contributed by atoms with Crippen LogP contribution in [0.4, 0.5) is 0 Å². The highest BCUT2D eigenvalue weighted by Crippen LogP contribution is 2.10. The van der Waals surface area contributed by atoms with Crippen molar-refractivity contribution in [2.45, 2.75) is 116 Å². The molecule has 5 heteroatoms. The third kappa shape index (κ3) is 23.3. The van der Waals surface area contributed by atoms with Gasteiger partial charge in [0.1, 0.15) is 0 Å². The molecule has 0 aromatic heterocycles. The molecule has 30 heavy (non-hydrogen) atoms. The number of hydrogen-bond acceptors (Lipinski definition) is 4. The molecule has 0 radical (unpaired) electrons. The molecule has 0 aromatic carbocycles. The van der Waals surface area contributed by atoms with E-state index in [-0.39, 0.29) is 11.9 Å². The minimum atomic E-state index is -0.208. The number of unbranched alkanes of at least 4 members (excludes halogenated alkanes) is 13. The van der Waals surface area contributed by atoms with Crippen LogP contribution in [0, 0.1) is 0 Å². The summed E-state index contributed by atoms with van der Waals surface area (Å²) in [7, 11) is 0. The number of allylic oxidation sites excluding steroid dienone is 1. The number of ether oxygens (including phenoxy) is 2. The van der Waals surface area contributed by atoms with Gasteiger partial charge in [-0.2, -0.15) is 0 Å². The van der Waals surface area contributed by atoms with Crippen molar-refractivity contribution in [2.75, 3.05) is 19.1 Å². The number of hydrogen-bond donors (Lipinski definition) is 0. The number of carbonyl (C=O) groups excluding carboxylic acids is 2. The molecule has 0 fully saturated rings. The highest BCUT2D eigenvalue weighted by Gasteiger charge is 2.07. The number of esters is 2. The molecule has 0 N–H and O–H groups in total. The second-order valence-corrected chi connectivity index (χ2v) is 8.39. The first-order chi connectivity index (χ1) is 14.7. The van der Waals surface area contributed by atoms with E-state index in [0.29, 0.717) is 32.5 Å². The van der Waals surface area contributed by atoms with Crippen LogP contribution in [0.25, 0.3) is 0 Å². The van der Waals surface area contributed by atoms with E-state index >= 15 is 0 Å². The van der Waals surface area contributed by atoms with Crippen molar-refractivity contribution in [3.63, 3.8) is 0 Å². The quantitative estimate of drug-likeness (QED) is 0.0707. The molecule has 0 saturated heterocycles. The molecule has 0 heterocycles. The van der Waals surface area contributed by atoms with E-state index in [9.17, 15) is 9.59 Å². The molecule has 0 aliphatic heterocycles. The van der Waals surface area contributed by atoms with Crippen molar-refractivity contribution in [1.29, 1.82) is 0 Å². The molecule has 0 aromatic rings. The third-order valence-electron chi connectivity index (χ3n) is 5.12. The average molecular weight is 445 g/mol. The number of alkyl halides is 1. The van der Waals surface area contributed by atoms with Gasteiger partial charge in [-0.05, 0) is 38.5 Å². The maximum atomic E-state index is 11.7. The van der Waals surface area contributed by atoms with Crippen LogP contribution in [0.15, 0.2) is 12.7 Å². The molecule has 4 nitrogen and oxygen atoms in total. The fraction of sp³-hybridized carbons (Fsp3) is 0.840. The fourth-order valence-electron chi connectivity index (χ4n) is 3.25. The van der Waals surface area contributed by atoms with Crippen LogP contribution in [-0.2, 0) is 19.1 Å². The Balaban J connectivity index is 3.31. The molecular weight excluding hydrogens is 400 g/mol. The van der Waals surface area contributed by atoms with Gasteiger partial charge in [-0.25, -0.2) is 0 Å². The van der Waals surface area contributed by atoms with E-state index in [1.165, 1.54) is 57.8 Å². The van der Waals surface area contributed by atoms with Crippen LogP contribution in [0.3, 0.4) is 0 Å². The summed E-state index contributed by atoms with van der Waals surface area (Å²) in [5, 5.41) is 0. The fourth-order valence-corrected chi connectivity index (χ4v) is 3.44. The zero-order valence-corrected chi connectivity index (χ0v) is 19.9. The molecular formula is C25H45ClO4. The summed E-state index contributed by atoms with van der Waals surface area (Å²) in [5.41, 5.74) is 0. The zero-order chi connectivity index (χ0) is 22.1. The van der Waals surface area contributed by atoms with Gasteiger partial charge in [-0.15, -0.1) is 18.2 Å². The summed E-state index contributed by atoms with van der Waals surface area (Å²) in [4.78, 5) is 23.4. The lowest BCUT2D eigenvalue weighted by Crippen LogP contribution is -2.09. The highest BCUT2D eigenvalue weighted by molar-refractivity contribution is 6.17. The van der Waals surface area contributed by atoms with Gasteiger partial charge in [0.2, 0.25) is 0 Å². The van der Waals surface area contributed by atoms with Gasteiger partial charge in [0.15, 0.2) is 0 Å². The summed E-state index contributed by atoms with van der Waals surface area (Å²) in [6, 6.07) is 0. The van der Waals surface area contributed by atoms with E-state index < -0.39 is 0 Å². The maximum absolute atomic E-state index is 11.7. The van der Waals surface area contributed by atoms with E-state index in [1.54, 1.807) is 0 Å². The lowest BCUT2D eigenvalue weighted by atomic mass is 10.1. The second kappa shape index (κ2) is 24.2. The predicted molar refractivity (Wildman–Crippen MR) is 126 cm³/mol. The Morgan fingerprint density at radius 1 is 0.600 bits per heavy atom. The van der Waals surface area contributed by atoms with Crippen LogP contribution in [0.5, 0.6) is 0 Å². The van der Waals surface area contributed by atoms with Gasteiger partial charge in [0, 0.05) is 18.7 Å². The first-order valence-corrected chi connectivity index (χ1v) is 12.7. The summed E-state index contributed by atoms with van der Waals surface area (Å²) in [5.74, 6) is 0.351. The van der Waals surface area contributed by atoms with E-state index in [1.807, 2.05) is 6.08 Å². The molecule has 0 aliphatic carbocycles. The Kier molecular flexibility index (Phi) is 23.4. The van der Waals surface area contributed by atoms with Crippen molar-refractivity contribution < 1.29 is 19.1 Å². The Bertz CT molecular complexity index is 412. The van der Waals surface area contributed by atoms with Crippen molar-refractivity contribution in [3.05, 3.63) is 12.7 Å². The lowest BCUT2D eigenvalue weighted by molar-refractivity contribution is -0.145. The van der Waals surface area contributed by atoms with Gasteiger partial charge in [0.25, 0.3) is 0 Å². The number of carbonyl (C=O) groups is 2. The zero-order valence-electron chi connectivity index (χ0n) is 19.1. The second-order valence-electron chi connectivity index (χ2n) is 8.01. The smallest absolute Gasteiger partial charge is 0.305 e. The summed E-state index contributed by atoms with van der Waals surface area (Å²) in [6.07, 6.45) is 20.4. The van der Waals surface area contributed by atoms with Crippen LogP contribution in [0.2, 0.25) is 0 Å². The van der Waals surface area contributed by atoms with Gasteiger partial charge < -0.3 is 9.47 Å². The molecule has 0 aliphatic rings. The van der Waals surface area contributed by atoms with Gasteiger partial charge in [-0.3, -0.25) is 9.59 Å². The maximum Gasteiger partial charge on any atom is 0.305 e. The molecule has 0 spiro atoms.